The Morgan fingerprint density at radius 1 is 1.38 bits per heavy atom. The third kappa shape index (κ3) is 3.66. The Balaban J connectivity index is 2.36. The predicted molar refractivity (Wildman–Crippen MR) is 57.0 cm³/mol. The minimum absolute atomic E-state index is 0.573. The largest absolute Gasteiger partial charge is 0.356 e. The summed E-state index contributed by atoms with van der Waals surface area (Å²) in [5.74, 6) is 1.01. The van der Waals surface area contributed by atoms with Crippen LogP contribution >= 0.6 is 0 Å². The molecule has 1 aliphatic rings. The van der Waals surface area contributed by atoms with Crippen molar-refractivity contribution < 1.29 is 0 Å². The van der Waals surface area contributed by atoms with Gasteiger partial charge in [-0.25, -0.2) is 0 Å². The maximum absolute atomic E-state index is 4.45. The van der Waals surface area contributed by atoms with Crippen molar-refractivity contribution in [3.05, 3.63) is 0 Å². The molecule has 0 bridgehead atoms. The Bertz CT molecular complexity index is 162. The fraction of sp³-hybridized carbons (Fsp3) is 0.900. The van der Waals surface area contributed by atoms with Gasteiger partial charge < -0.3 is 10.6 Å². The average molecular weight is 183 g/mol. The number of nitrogens with one attached hydrogen (secondary N) is 2. The second-order valence-corrected chi connectivity index (χ2v) is 3.52. The molecule has 0 aromatic heterocycles. The van der Waals surface area contributed by atoms with Gasteiger partial charge in [-0.3, -0.25) is 4.99 Å². The Morgan fingerprint density at radius 3 is 2.85 bits per heavy atom. The van der Waals surface area contributed by atoms with Crippen LogP contribution in [0.4, 0.5) is 0 Å². The maximum Gasteiger partial charge on any atom is 0.191 e. The van der Waals surface area contributed by atoms with Crippen LogP contribution in [0.25, 0.3) is 0 Å². The summed E-state index contributed by atoms with van der Waals surface area (Å²) in [6.45, 7) is 6.44. The van der Waals surface area contributed by atoms with Gasteiger partial charge in [0, 0.05) is 19.1 Å². The monoisotopic (exact) mass is 183 g/mol. The van der Waals surface area contributed by atoms with Crippen molar-refractivity contribution in [2.24, 2.45) is 4.99 Å². The lowest BCUT2D eigenvalue weighted by atomic mass is 10.2. The van der Waals surface area contributed by atoms with Crippen molar-refractivity contribution in [2.75, 3.05) is 13.1 Å². The van der Waals surface area contributed by atoms with E-state index in [0.29, 0.717) is 6.04 Å². The molecule has 0 unspecified atom stereocenters. The maximum atomic E-state index is 4.45. The minimum Gasteiger partial charge on any atom is -0.356 e. The molecule has 0 atom stereocenters. The third-order valence-electron chi connectivity index (χ3n) is 2.47. The first kappa shape index (κ1) is 10.4. The van der Waals surface area contributed by atoms with E-state index in [1.54, 1.807) is 0 Å². The molecular weight excluding hydrogens is 162 g/mol. The zero-order valence-corrected chi connectivity index (χ0v) is 8.77. The third-order valence-corrected chi connectivity index (χ3v) is 2.47. The first-order valence-electron chi connectivity index (χ1n) is 5.41. The molecule has 0 aromatic carbocycles. The number of hydrogen-bond donors (Lipinski definition) is 2. The number of nitrogens with zero attached hydrogens (tertiary/aromatic N) is 1. The fourth-order valence-corrected chi connectivity index (χ4v) is 1.47. The van der Waals surface area contributed by atoms with Gasteiger partial charge in [0.25, 0.3) is 0 Å². The lowest BCUT2D eigenvalue weighted by molar-refractivity contribution is 0.560. The smallest absolute Gasteiger partial charge is 0.191 e. The van der Waals surface area contributed by atoms with E-state index in [4.69, 9.17) is 0 Å². The molecular formula is C10H21N3. The topological polar surface area (TPSA) is 36.4 Å². The van der Waals surface area contributed by atoms with E-state index in [1.165, 1.54) is 12.8 Å². The second kappa shape index (κ2) is 5.84. The molecule has 0 radical (unpaired) electrons. The summed E-state index contributed by atoms with van der Waals surface area (Å²) in [6, 6.07) is 0.573. The van der Waals surface area contributed by atoms with Crippen LogP contribution in [0, 0.1) is 0 Å². The molecule has 2 N–H and O–H groups in total. The molecule has 76 valence electrons. The SMILES string of the molecule is CCC(CC)NC1=NCCCCN1. The molecule has 0 aliphatic carbocycles. The van der Waals surface area contributed by atoms with Crippen LogP contribution in [0.3, 0.4) is 0 Å². The number of hydrogen-bond acceptors (Lipinski definition) is 3. The quantitative estimate of drug-likeness (QED) is 0.695. The molecule has 1 aliphatic heterocycles. The van der Waals surface area contributed by atoms with Crippen LogP contribution in [0.15, 0.2) is 4.99 Å². The van der Waals surface area contributed by atoms with Gasteiger partial charge in [0.1, 0.15) is 0 Å². The first-order valence-corrected chi connectivity index (χ1v) is 5.41. The molecule has 0 aromatic rings. The van der Waals surface area contributed by atoms with Crippen molar-refractivity contribution in [2.45, 2.75) is 45.6 Å². The Kier molecular flexibility index (Phi) is 4.65. The van der Waals surface area contributed by atoms with E-state index in [-0.39, 0.29) is 0 Å². The van der Waals surface area contributed by atoms with Crippen molar-refractivity contribution in [3.63, 3.8) is 0 Å². The normalized spacial score (nSPS) is 17.6. The summed E-state index contributed by atoms with van der Waals surface area (Å²) in [7, 11) is 0. The van der Waals surface area contributed by atoms with E-state index in [9.17, 15) is 0 Å². The van der Waals surface area contributed by atoms with Gasteiger partial charge in [0.2, 0.25) is 0 Å². The number of aliphatic imine (C=N–C) groups is 1. The van der Waals surface area contributed by atoms with E-state index in [1.807, 2.05) is 0 Å². The molecule has 0 spiro atoms. The van der Waals surface area contributed by atoms with Crippen LogP contribution in [0.1, 0.15) is 39.5 Å². The molecule has 1 heterocycles. The van der Waals surface area contributed by atoms with Gasteiger partial charge in [0.15, 0.2) is 5.96 Å². The van der Waals surface area contributed by atoms with Gasteiger partial charge in [0.05, 0.1) is 0 Å². The van der Waals surface area contributed by atoms with Gasteiger partial charge in [-0.2, -0.15) is 0 Å². The van der Waals surface area contributed by atoms with Gasteiger partial charge in [-0.1, -0.05) is 13.8 Å². The summed E-state index contributed by atoms with van der Waals surface area (Å²) < 4.78 is 0. The first-order chi connectivity index (χ1) is 6.36. The highest BCUT2D eigenvalue weighted by Crippen LogP contribution is 1.98. The molecule has 0 saturated carbocycles. The lowest BCUT2D eigenvalue weighted by Gasteiger charge is -2.17. The Labute approximate surface area is 81.0 Å². The van der Waals surface area contributed by atoms with Crippen LogP contribution < -0.4 is 10.6 Å². The van der Waals surface area contributed by atoms with Crippen LogP contribution in [0.2, 0.25) is 0 Å². The predicted octanol–water partition coefficient (Wildman–Crippen LogP) is 1.50. The molecule has 0 fully saturated rings. The van der Waals surface area contributed by atoms with E-state index >= 15 is 0 Å². The fourth-order valence-electron chi connectivity index (χ4n) is 1.47. The standard InChI is InChI=1S/C10H21N3/c1-3-9(4-2)13-10-11-7-5-6-8-12-10/h9H,3-8H2,1-2H3,(H2,11,12,13). The van der Waals surface area contributed by atoms with E-state index < -0.39 is 0 Å². The summed E-state index contributed by atoms with van der Waals surface area (Å²) in [6.07, 6.45) is 4.77. The van der Waals surface area contributed by atoms with Crippen molar-refractivity contribution >= 4 is 5.96 Å². The van der Waals surface area contributed by atoms with Crippen molar-refractivity contribution in [1.29, 1.82) is 0 Å². The second-order valence-electron chi connectivity index (χ2n) is 3.52. The van der Waals surface area contributed by atoms with Gasteiger partial charge in [-0.05, 0) is 25.7 Å². The summed E-state index contributed by atoms with van der Waals surface area (Å²) >= 11 is 0. The molecule has 13 heavy (non-hydrogen) atoms. The zero-order valence-electron chi connectivity index (χ0n) is 8.77. The summed E-state index contributed by atoms with van der Waals surface area (Å²) in [5.41, 5.74) is 0. The number of guanidine groups is 1. The summed E-state index contributed by atoms with van der Waals surface area (Å²) in [4.78, 5) is 4.45. The summed E-state index contributed by atoms with van der Waals surface area (Å²) in [5, 5.41) is 6.75. The van der Waals surface area contributed by atoms with E-state index in [0.717, 1.165) is 31.9 Å². The van der Waals surface area contributed by atoms with Gasteiger partial charge >= 0.3 is 0 Å². The molecule has 3 heteroatoms. The minimum atomic E-state index is 0.573. The highest BCUT2D eigenvalue weighted by atomic mass is 15.2. The highest BCUT2D eigenvalue weighted by molar-refractivity contribution is 5.80. The molecule has 3 nitrogen and oxygen atoms in total. The molecule has 0 amide bonds. The van der Waals surface area contributed by atoms with Crippen molar-refractivity contribution in [3.8, 4) is 0 Å². The van der Waals surface area contributed by atoms with Crippen LogP contribution in [0.5, 0.6) is 0 Å². The highest BCUT2D eigenvalue weighted by Gasteiger charge is 2.07. The average Bonchev–Trinajstić information content (AvgIpc) is 2.42. The number of rotatable bonds is 3. The zero-order chi connectivity index (χ0) is 9.52. The van der Waals surface area contributed by atoms with E-state index in [2.05, 4.69) is 29.5 Å². The van der Waals surface area contributed by atoms with Gasteiger partial charge in [-0.15, -0.1) is 0 Å². The molecule has 0 saturated heterocycles. The Morgan fingerprint density at radius 2 is 2.15 bits per heavy atom. The van der Waals surface area contributed by atoms with Crippen molar-refractivity contribution in [1.82, 2.24) is 10.6 Å². The Hall–Kier alpha value is -0.730. The van der Waals surface area contributed by atoms with Crippen LogP contribution in [-0.4, -0.2) is 25.1 Å². The lowest BCUT2D eigenvalue weighted by Crippen LogP contribution is -2.42. The molecule has 1 rings (SSSR count). The van der Waals surface area contributed by atoms with Crippen LogP contribution in [-0.2, 0) is 0 Å².